The van der Waals surface area contributed by atoms with Crippen LogP contribution in [-0.4, -0.2) is 23.0 Å². The predicted molar refractivity (Wildman–Crippen MR) is 55.7 cm³/mol. The van der Waals surface area contributed by atoms with Crippen LogP contribution in [0.25, 0.3) is 0 Å². The smallest absolute Gasteiger partial charge is 0.325 e. The minimum absolute atomic E-state index is 0.283. The number of carboxylic acids is 1. The fourth-order valence-corrected chi connectivity index (χ4v) is 1.12. The maximum absolute atomic E-state index is 11.0. The van der Waals surface area contributed by atoms with Gasteiger partial charge >= 0.3 is 5.97 Å². The highest BCUT2D eigenvalue weighted by atomic mass is 16.4. The molecular weight excluding hydrogens is 196 g/mol. The number of hydrogen-bond acceptors (Lipinski definition) is 3. The molecule has 1 atom stereocenters. The van der Waals surface area contributed by atoms with Crippen LogP contribution in [-0.2, 0) is 4.79 Å². The van der Waals surface area contributed by atoms with Crippen LogP contribution in [0.2, 0.25) is 0 Å². The highest BCUT2D eigenvalue weighted by Crippen LogP contribution is 2.15. The topological polar surface area (TPSA) is 92.4 Å². The molecule has 5 heteroatoms. The summed E-state index contributed by atoms with van der Waals surface area (Å²) in [6, 6.07) is 5.74. The molecule has 80 valence electrons. The van der Waals surface area contributed by atoms with Gasteiger partial charge in [0.1, 0.15) is 6.04 Å². The van der Waals surface area contributed by atoms with Crippen LogP contribution >= 0.6 is 0 Å². The number of primary amides is 1. The van der Waals surface area contributed by atoms with E-state index in [0.717, 1.165) is 0 Å². The SMILES string of the molecule is CC(Nc1ccccc1C(N)=O)C(=O)O. The van der Waals surface area contributed by atoms with Crippen LogP contribution in [0.3, 0.4) is 0 Å². The fraction of sp³-hybridized carbons (Fsp3) is 0.200. The molecule has 0 aromatic heterocycles. The maximum Gasteiger partial charge on any atom is 0.325 e. The average Bonchev–Trinajstić information content (AvgIpc) is 2.18. The van der Waals surface area contributed by atoms with E-state index in [-0.39, 0.29) is 5.56 Å². The zero-order chi connectivity index (χ0) is 11.4. The van der Waals surface area contributed by atoms with Gasteiger partial charge in [0.15, 0.2) is 0 Å². The second-order valence-electron chi connectivity index (χ2n) is 3.11. The number of carbonyl (C=O) groups is 2. The van der Waals surface area contributed by atoms with Gasteiger partial charge in [0, 0.05) is 5.69 Å². The van der Waals surface area contributed by atoms with Crippen molar-refractivity contribution in [1.82, 2.24) is 0 Å². The average molecular weight is 208 g/mol. The molecule has 0 aliphatic heterocycles. The van der Waals surface area contributed by atoms with Crippen molar-refractivity contribution in [3.05, 3.63) is 29.8 Å². The van der Waals surface area contributed by atoms with Crippen LogP contribution in [0.15, 0.2) is 24.3 Å². The van der Waals surface area contributed by atoms with E-state index in [1.54, 1.807) is 24.3 Å². The molecule has 0 aliphatic carbocycles. The van der Waals surface area contributed by atoms with Gasteiger partial charge in [-0.1, -0.05) is 12.1 Å². The Morgan fingerprint density at radius 1 is 1.40 bits per heavy atom. The summed E-state index contributed by atoms with van der Waals surface area (Å²) in [5.74, 6) is -1.58. The number of benzene rings is 1. The first-order valence-electron chi connectivity index (χ1n) is 4.40. The van der Waals surface area contributed by atoms with Crippen molar-refractivity contribution in [3.63, 3.8) is 0 Å². The van der Waals surface area contributed by atoms with Crippen LogP contribution in [0.5, 0.6) is 0 Å². The molecule has 4 N–H and O–H groups in total. The number of nitrogens with one attached hydrogen (secondary N) is 1. The van der Waals surface area contributed by atoms with Gasteiger partial charge in [-0.25, -0.2) is 0 Å². The number of anilines is 1. The van der Waals surface area contributed by atoms with Gasteiger partial charge in [-0.2, -0.15) is 0 Å². The van der Waals surface area contributed by atoms with Gasteiger partial charge in [0.25, 0.3) is 5.91 Å². The molecule has 0 fully saturated rings. The Kier molecular flexibility index (Phi) is 3.28. The van der Waals surface area contributed by atoms with E-state index in [4.69, 9.17) is 10.8 Å². The van der Waals surface area contributed by atoms with E-state index in [9.17, 15) is 9.59 Å². The number of amides is 1. The first kappa shape index (κ1) is 11.0. The van der Waals surface area contributed by atoms with Gasteiger partial charge in [-0.3, -0.25) is 9.59 Å². The van der Waals surface area contributed by atoms with Gasteiger partial charge in [0.05, 0.1) is 5.56 Å². The van der Waals surface area contributed by atoms with E-state index >= 15 is 0 Å². The number of carbonyl (C=O) groups excluding carboxylic acids is 1. The highest BCUT2D eigenvalue weighted by Gasteiger charge is 2.13. The molecule has 15 heavy (non-hydrogen) atoms. The van der Waals surface area contributed by atoms with Crippen LogP contribution < -0.4 is 11.1 Å². The first-order valence-corrected chi connectivity index (χ1v) is 4.40. The summed E-state index contributed by atoms with van der Waals surface area (Å²) in [4.78, 5) is 21.6. The van der Waals surface area contributed by atoms with Gasteiger partial charge in [-0.05, 0) is 19.1 Å². The lowest BCUT2D eigenvalue weighted by atomic mass is 10.1. The molecule has 0 saturated carbocycles. The summed E-state index contributed by atoms with van der Waals surface area (Å²) in [5, 5.41) is 11.4. The van der Waals surface area contributed by atoms with E-state index in [0.29, 0.717) is 5.69 Å². The zero-order valence-electron chi connectivity index (χ0n) is 8.23. The second kappa shape index (κ2) is 4.45. The highest BCUT2D eigenvalue weighted by molar-refractivity contribution is 5.99. The molecule has 0 saturated heterocycles. The lowest BCUT2D eigenvalue weighted by Crippen LogP contribution is -2.27. The van der Waals surface area contributed by atoms with E-state index in [1.165, 1.54) is 6.92 Å². The Hall–Kier alpha value is -2.04. The third-order valence-electron chi connectivity index (χ3n) is 1.93. The van der Waals surface area contributed by atoms with Crippen molar-refractivity contribution < 1.29 is 14.7 Å². The lowest BCUT2D eigenvalue weighted by molar-refractivity contribution is -0.137. The molecular formula is C10H12N2O3. The number of nitrogens with two attached hydrogens (primary N) is 1. The normalized spacial score (nSPS) is 11.8. The minimum Gasteiger partial charge on any atom is -0.480 e. The van der Waals surface area contributed by atoms with Crippen molar-refractivity contribution in [2.75, 3.05) is 5.32 Å². The van der Waals surface area contributed by atoms with Crippen LogP contribution in [0.1, 0.15) is 17.3 Å². The van der Waals surface area contributed by atoms with E-state index < -0.39 is 17.9 Å². The monoisotopic (exact) mass is 208 g/mol. The number of rotatable bonds is 4. The molecule has 0 aliphatic rings. The van der Waals surface area contributed by atoms with Crippen LogP contribution in [0.4, 0.5) is 5.69 Å². The van der Waals surface area contributed by atoms with Gasteiger partial charge in [0.2, 0.25) is 0 Å². The molecule has 0 heterocycles. The molecule has 1 aromatic carbocycles. The third kappa shape index (κ3) is 2.70. The Morgan fingerprint density at radius 3 is 2.53 bits per heavy atom. The molecule has 0 bridgehead atoms. The molecule has 1 unspecified atom stereocenters. The molecule has 5 nitrogen and oxygen atoms in total. The Labute approximate surface area is 86.9 Å². The third-order valence-corrected chi connectivity index (χ3v) is 1.93. The van der Waals surface area contributed by atoms with Crippen molar-refractivity contribution >= 4 is 17.6 Å². The molecule has 1 rings (SSSR count). The zero-order valence-corrected chi connectivity index (χ0v) is 8.23. The summed E-state index contributed by atoms with van der Waals surface area (Å²) < 4.78 is 0. The Balaban J connectivity index is 2.94. The molecule has 0 radical (unpaired) electrons. The van der Waals surface area contributed by atoms with Crippen molar-refractivity contribution in [2.24, 2.45) is 5.73 Å². The predicted octanol–water partition coefficient (Wildman–Crippen LogP) is 0.670. The second-order valence-corrected chi connectivity index (χ2v) is 3.11. The number of hydrogen-bond donors (Lipinski definition) is 3. The molecule has 1 amide bonds. The quantitative estimate of drug-likeness (QED) is 0.678. The van der Waals surface area contributed by atoms with Gasteiger partial charge < -0.3 is 16.2 Å². The van der Waals surface area contributed by atoms with Crippen LogP contribution in [0, 0.1) is 0 Å². The molecule has 0 spiro atoms. The van der Waals surface area contributed by atoms with Crippen molar-refractivity contribution in [3.8, 4) is 0 Å². The van der Waals surface area contributed by atoms with Crippen molar-refractivity contribution in [2.45, 2.75) is 13.0 Å². The number of carboxylic acid groups (broad SMARTS) is 1. The standard InChI is InChI=1S/C10H12N2O3/c1-6(10(14)15)12-8-5-3-2-4-7(8)9(11)13/h2-6,12H,1H3,(H2,11,13)(H,14,15). The fourth-order valence-electron chi connectivity index (χ4n) is 1.12. The summed E-state index contributed by atoms with van der Waals surface area (Å²) in [7, 11) is 0. The minimum atomic E-state index is -0.991. The Morgan fingerprint density at radius 2 is 2.00 bits per heavy atom. The number of para-hydroxylation sites is 1. The summed E-state index contributed by atoms with van der Waals surface area (Å²) in [6.07, 6.45) is 0. The maximum atomic E-state index is 11.0. The van der Waals surface area contributed by atoms with Crippen molar-refractivity contribution in [1.29, 1.82) is 0 Å². The summed E-state index contributed by atoms with van der Waals surface area (Å²) >= 11 is 0. The lowest BCUT2D eigenvalue weighted by Gasteiger charge is -2.12. The molecule has 1 aromatic rings. The summed E-state index contributed by atoms with van der Waals surface area (Å²) in [6.45, 7) is 1.49. The number of aliphatic carboxylic acids is 1. The Bertz CT molecular complexity index is 390. The summed E-state index contributed by atoms with van der Waals surface area (Å²) in [5.41, 5.74) is 5.85. The van der Waals surface area contributed by atoms with Gasteiger partial charge in [-0.15, -0.1) is 0 Å². The van der Waals surface area contributed by atoms with E-state index in [2.05, 4.69) is 5.32 Å². The van der Waals surface area contributed by atoms with E-state index in [1.807, 2.05) is 0 Å². The first-order chi connectivity index (χ1) is 7.02. The largest absolute Gasteiger partial charge is 0.480 e.